The fraction of sp³-hybridized carbons (Fsp3) is 0.421. The van der Waals surface area contributed by atoms with Crippen molar-refractivity contribution >= 4 is 16.8 Å². The van der Waals surface area contributed by atoms with E-state index in [-0.39, 0.29) is 30.8 Å². The van der Waals surface area contributed by atoms with Crippen LogP contribution in [-0.2, 0) is 11.3 Å². The second-order valence-electron chi connectivity index (χ2n) is 6.21. The van der Waals surface area contributed by atoms with E-state index in [0.29, 0.717) is 18.5 Å². The van der Waals surface area contributed by atoms with Gasteiger partial charge in [-0.15, -0.1) is 6.42 Å². The monoisotopic (exact) mass is 354 g/mol. The molecule has 1 fully saturated rings. The van der Waals surface area contributed by atoms with Crippen molar-refractivity contribution < 1.29 is 9.53 Å². The van der Waals surface area contributed by atoms with Crippen LogP contribution in [0.25, 0.3) is 10.8 Å². The first-order chi connectivity index (χ1) is 12.7. The van der Waals surface area contributed by atoms with Crippen molar-refractivity contribution in [3.05, 3.63) is 40.8 Å². The molecule has 1 N–H and O–H groups in total. The Labute approximate surface area is 151 Å². The highest BCUT2D eigenvalue weighted by atomic mass is 16.5. The van der Waals surface area contributed by atoms with Crippen LogP contribution in [0.3, 0.4) is 0 Å². The molecule has 0 unspecified atom stereocenters. The molecule has 3 rings (SSSR count). The van der Waals surface area contributed by atoms with Gasteiger partial charge in [0.25, 0.3) is 5.56 Å². The maximum Gasteiger partial charge on any atom is 0.318 e. The van der Waals surface area contributed by atoms with E-state index < -0.39 is 0 Å². The van der Waals surface area contributed by atoms with Gasteiger partial charge in [-0.3, -0.25) is 4.79 Å². The smallest absolute Gasteiger partial charge is 0.318 e. The van der Waals surface area contributed by atoms with Crippen LogP contribution in [0.2, 0.25) is 0 Å². The van der Waals surface area contributed by atoms with Gasteiger partial charge in [0.1, 0.15) is 0 Å². The summed E-state index contributed by atoms with van der Waals surface area (Å²) in [5.41, 5.74) is -0.169. The van der Waals surface area contributed by atoms with Gasteiger partial charge in [0.15, 0.2) is 0 Å². The predicted molar refractivity (Wildman–Crippen MR) is 98.8 cm³/mol. The Balaban J connectivity index is 1.57. The Hall–Kier alpha value is -2.85. The molecule has 1 saturated heterocycles. The number of terminal acetylenes is 1. The molecule has 1 aliphatic rings. The largest absolute Gasteiger partial charge is 0.376 e. The second kappa shape index (κ2) is 8.50. The Bertz CT molecular complexity index is 865. The highest BCUT2D eigenvalue weighted by molar-refractivity contribution is 5.80. The Morgan fingerprint density at radius 3 is 3.08 bits per heavy atom. The van der Waals surface area contributed by atoms with E-state index >= 15 is 0 Å². The number of urea groups is 1. The van der Waals surface area contributed by atoms with Gasteiger partial charge < -0.3 is 15.0 Å². The van der Waals surface area contributed by atoms with Crippen LogP contribution in [0.1, 0.15) is 12.8 Å². The van der Waals surface area contributed by atoms with Crippen LogP contribution in [0.15, 0.2) is 35.3 Å². The molecule has 1 aromatic carbocycles. The van der Waals surface area contributed by atoms with E-state index in [2.05, 4.69) is 16.3 Å². The van der Waals surface area contributed by atoms with Crippen molar-refractivity contribution in [3.63, 3.8) is 0 Å². The lowest BCUT2D eigenvalue weighted by Crippen LogP contribution is -2.45. The molecule has 7 heteroatoms. The van der Waals surface area contributed by atoms with Gasteiger partial charge in [0, 0.05) is 25.1 Å². The third-order valence-corrected chi connectivity index (χ3v) is 4.38. The fourth-order valence-corrected chi connectivity index (χ4v) is 3.03. The Kier molecular flexibility index (Phi) is 5.87. The lowest BCUT2D eigenvalue weighted by atomic mass is 10.2. The first-order valence-electron chi connectivity index (χ1n) is 8.72. The van der Waals surface area contributed by atoms with Gasteiger partial charge >= 0.3 is 6.03 Å². The minimum atomic E-state index is -0.257. The third kappa shape index (κ3) is 4.21. The van der Waals surface area contributed by atoms with Gasteiger partial charge in [-0.25, -0.2) is 9.48 Å². The number of amides is 2. The van der Waals surface area contributed by atoms with Crippen molar-refractivity contribution in [2.24, 2.45) is 0 Å². The summed E-state index contributed by atoms with van der Waals surface area (Å²) in [4.78, 5) is 26.3. The summed E-state index contributed by atoms with van der Waals surface area (Å²) < 4.78 is 6.92. The molecule has 0 bridgehead atoms. The maximum atomic E-state index is 12.4. The van der Waals surface area contributed by atoms with Crippen molar-refractivity contribution in [3.8, 4) is 12.3 Å². The normalized spacial score (nSPS) is 16.3. The second-order valence-corrected chi connectivity index (χ2v) is 6.21. The summed E-state index contributed by atoms with van der Waals surface area (Å²) in [5.74, 6) is 2.50. The minimum absolute atomic E-state index is 0.0406. The van der Waals surface area contributed by atoms with E-state index in [1.54, 1.807) is 17.2 Å². The van der Waals surface area contributed by atoms with Gasteiger partial charge in [-0.2, -0.15) is 5.10 Å². The number of carbonyl (C=O) groups is 1. The summed E-state index contributed by atoms with van der Waals surface area (Å²) >= 11 is 0. The Morgan fingerprint density at radius 2 is 2.31 bits per heavy atom. The molecule has 0 saturated carbocycles. The summed E-state index contributed by atoms with van der Waals surface area (Å²) in [6, 6.07) is 7.04. The summed E-state index contributed by atoms with van der Waals surface area (Å²) in [7, 11) is 0. The molecular formula is C19H22N4O3. The highest BCUT2D eigenvalue weighted by Gasteiger charge is 2.21. The lowest BCUT2D eigenvalue weighted by molar-refractivity contribution is 0.0846. The number of nitrogens with zero attached hydrogens (tertiary/aromatic N) is 3. The predicted octanol–water partition coefficient (Wildman–Crippen LogP) is 1.22. The molecule has 0 radical (unpaired) electrons. The topological polar surface area (TPSA) is 76.5 Å². The maximum absolute atomic E-state index is 12.4. The first kappa shape index (κ1) is 18.0. The molecule has 136 valence electrons. The number of aromatic nitrogens is 2. The van der Waals surface area contributed by atoms with E-state index in [0.717, 1.165) is 24.8 Å². The standard InChI is InChI=1S/C19H22N4O3/c1-2-10-22(14-16-7-5-12-26-16)19(25)20-9-11-23-18(24)17-8-4-3-6-15(17)13-21-23/h1,3-4,6,8,13,16H,5,7,9-12,14H2,(H,20,25)/t16-/m0/s1. The molecule has 2 aromatic rings. The average Bonchev–Trinajstić information content (AvgIpc) is 3.16. The molecule has 26 heavy (non-hydrogen) atoms. The zero-order chi connectivity index (χ0) is 18.4. The van der Waals surface area contributed by atoms with Crippen LogP contribution < -0.4 is 10.9 Å². The number of fused-ring (bicyclic) bond motifs is 1. The summed E-state index contributed by atoms with van der Waals surface area (Å²) in [6.45, 7) is 2.01. The lowest BCUT2D eigenvalue weighted by Gasteiger charge is -2.23. The van der Waals surface area contributed by atoms with E-state index in [1.165, 1.54) is 4.68 Å². The van der Waals surface area contributed by atoms with Gasteiger partial charge in [0.2, 0.25) is 0 Å². The van der Waals surface area contributed by atoms with Crippen molar-refractivity contribution in [2.75, 3.05) is 26.2 Å². The van der Waals surface area contributed by atoms with Crippen LogP contribution in [-0.4, -0.2) is 53.1 Å². The summed E-state index contributed by atoms with van der Waals surface area (Å²) in [5, 5.41) is 8.37. The third-order valence-electron chi connectivity index (χ3n) is 4.38. The van der Waals surface area contributed by atoms with Crippen molar-refractivity contribution in [1.82, 2.24) is 20.0 Å². The van der Waals surface area contributed by atoms with E-state index in [1.807, 2.05) is 18.2 Å². The van der Waals surface area contributed by atoms with Gasteiger partial charge in [-0.05, 0) is 18.9 Å². The van der Waals surface area contributed by atoms with Crippen LogP contribution in [0, 0.1) is 12.3 Å². The highest BCUT2D eigenvalue weighted by Crippen LogP contribution is 2.13. The zero-order valence-corrected chi connectivity index (χ0v) is 14.6. The number of hydrogen-bond acceptors (Lipinski definition) is 4. The molecule has 2 amide bonds. The molecule has 0 aliphatic carbocycles. The van der Waals surface area contributed by atoms with Crippen LogP contribution in [0.5, 0.6) is 0 Å². The van der Waals surface area contributed by atoms with E-state index in [4.69, 9.17) is 11.2 Å². The molecule has 7 nitrogen and oxygen atoms in total. The molecule has 1 aliphatic heterocycles. The number of ether oxygens (including phenoxy) is 1. The average molecular weight is 354 g/mol. The number of hydrogen-bond donors (Lipinski definition) is 1. The number of nitrogens with one attached hydrogen (secondary N) is 1. The van der Waals surface area contributed by atoms with Crippen molar-refractivity contribution in [1.29, 1.82) is 0 Å². The van der Waals surface area contributed by atoms with Crippen LogP contribution >= 0.6 is 0 Å². The molecule has 0 spiro atoms. The number of benzene rings is 1. The van der Waals surface area contributed by atoms with Gasteiger partial charge in [-0.1, -0.05) is 24.1 Å². The van der Waals surface area contributed by atoms with Gasteiger partial charge in [0.05, 0.1) is 30.8 Å². The molecule has 1 aromatic heterocycles. The number of carbonyl (C=O) groups excluding carboxylic acids is 1. The fourth-order valence-electron chi connectivity index (χ4n) is 3.03. The van der Waals surface area contributed by atoms with Crippen molar-refractivity contribution in [2.45, 2.75) is 25.5 Å². The van der Waals surface area contributed by atoms with Crippen LogP contribution in [0.4, 0.5) is 4.79 Å². The Morgan fingerprint density at radius 1 is 1.46 bits per heavy atom. The molecule has 1 atom stereocenters. The SMILES string of the molecule is C#CCN(C[C@@H]1CCCO1)C(=O)NCCn1ncc2ccccc2c1=O. The summed E-state index contributed by atoms with van der Waals surface area (Å²) in [6.07, 6.45) is 9.00. The zero-order valence-electron chi connectivity index (χ0n) is 14.6. The molecular weight excluding hydrogens is 332 g/mol. The quantitative estimate of drug-likeness (QED) is 0.792. The van der Waals surface area contributed by atoms with E-state index in [9.17, 15) is 9.59 Å². The number of rotatable bonds is 6. The minimum Gasteiger partial charge on any atom is -0.376 e. The first-order valence-corrected chi connectivity index (χ1v) is 8.72. The molecule has 2 heterocycles.